The fraction of sp³-hybridized carbons (Fsp3) is 0.423. The number of imidazole rings is 1. The summed E-state index contributed by atoms with van der Waals surface area (Å²) in [6.45, 7) is 1.29. The van der Waals surface area contributed by atoms with Crippen LogP contribution in [0, 0.1) is 0 Å². The maximum absolute atomic E-state index is 13.9. The van der Waals surface area contributed by atoms with E-state index in [1.165, 1.54) is 0 Å². The first-order valence-electron chi connectivity index (χ1n) is 11.9. The minimum atomic E-state index is -0.534. The maximum Gasteiger partial charge on any atom is 0.254 e. The molecule has 2 fully saturated rings. The van der Waals surface area contributed by atoms with Crippen LogP contribution in [0.4, 0.5) is 5.95 Å². The fourth-order valence-corrected chi connectivity index (χ4v) is 6.13. The third kappa shape index (κ3) is 3.33. The lowest BCUT2D eigenvalue weighted by Gasteiger charge is -2.50. The molecular weight excluding hydrogens is 416 g/mol. The second-order valence-electron chi connectivity index (χ2n) is 9.47. The Morgan fingerprint density at radius 2 is 1.91 bits per heavy atom. The number of benzene rings is 2. The number of aromatic amines is 1. The number of carbonyl (C=O) groups is 2. The predicted octanol–water partition coefficient (Wildman–Crippen LogP) is 4.23. The monoisotopic (exact) mass is 444 g/mol. The molecule has 2 atom stereocenters. The largest absolute Gasteiger partial charge is 0.376 e. The topological polar surface area (TPSA) is 87.3 Å². The van der Waals surface area contributed by atoms with Gasteiger partial charge in [0, 0.05) is 18.7 Å². The summed E-state index contributed by atoms with van der Waals surface area (Å²) in [5.74, 6) is -0.109. The number of rotatable bonds is 4. The van der Waals surface area contributed by atoms with Gasteiger partial charge in [-0.05, 0) is 49.4 Å². The van der Waals surface area contributed by atoms with Gasteiger partial charge in [-0.1, -0.05) is 43.2 Å². The van der Waals surface area contributed by atoms with E-state index in [0.29, 0.717) is 18.1 Å². The van der Waals surface area contributed by atoms with E-state index < -0.39 is 11.5 Å². The van der Waals surface area contributed by atoms with Gasteiger partial charge in [-0.25, -0.2) is 4.98 Å². The highest BCUT2D eigenvalue weighted by molar-refractivity contribution is 6.05. The normalized spacial score (nSPS) is 23.9. The first-order chi connectivity index (χ1) is 16.2. The molecule has 1 spiro atoms. The zero-order chi connectivity index (χ0) is 22.4. The van der Waals surface area contributed by atoms with Crippen LogP contribution in [0.3, 0.4) is 0 Å². The van der Waals surface area contributed by atoms with Crippen LogP contribution in [0.15, 0.2) is 48.5 Å². The SMILES string of the molecule is O=C(Nc1nc2ccccc2[nH]1)[C@@H]1c2ccccc2C(=O)N(C[C@@H]2CCCO2)C12CCCC2. The van der Waals surface area contributed by atoms with Crippen molar-refractivity contribution in [2.45, 2.75) is 56.1 Å². The number of hydrogen-bond donors (Lipinski definition) is 2. The minimum absolute atomic E-state index is 0.0239. The van der Waals surface area contributed by atoms with Gasteiger partial charge >= 0.3 is 0 Å². The zero-order valence-electron chi connectivity index (χ0n) is 18.5. The average molecular weight is 445 g/mol. The second kappa shape index (κ2) is 7.99. The lowest BCUT2D eigenvalue weighted by Crippen LogP contribution is -2.61. The summed E-state index contributed by atoms with van der Waals surface area (Å²) in [5.41, 5.74) is 2.60. The number of fused-ring (bicyclic) bond motifs is 2. The number of hydrogen-bond acceptors (Lipinski definition) is 4. The molecule has 1 saturated heterocycles. The van der Waals surface area contributed by atoms with Crippen LogP contribution in [0.25, 0.3) is 11.0 Å². The van der Waals surface area contributed by atoms with E-state index in [9.17, 15) is 9.59 Å². The van der Waals surface area contributed by atoms with Crippen molar-refractivity contribution < 1.29 is 14.3 Å². The second-order valence-corrected chi connectivity index (χ2v) is 9.47. The van der Waals surface area contributed by atoms with Gasteiger partial charge < -0.3 is 14.6 Å². The first kappa shape index (κ1) is 20.4. The molecule has 7 nitrogen and oxygen atoms in total. The van der Waals surface area contributed by atoms with E-state index in [4.69, 9.17) is 4.74 Å². The average Bonchev–Trinajstić information content (AvgIpc) is 3.58. The highest BCUT2D eigenvalue weighted by atomic mass is 16.5. The van der Waals surface area contributed by atoms with Crippen molar-refractivity contribution in [3.05, 3.63) is 59.7 Å². The summed E-state index contributed by atoms with van der Waals surface area (Å²) in [6.07, 6.45) is 5.66. The maximum atomic E-state index is 13.9. The molecule has 0 radical (unpaired) electrons. The first-order valence-corrected chi connectivity index (χ1v) is 11.9. The smallest absolute Gasteiger partial charge is 0.254 e. The molecule has 2 aromatic carbocycles. The fourth-order valence-electron chi connectivity index (χ4n) is 6.13. The van der Waals surface area contributed by atoms with Crippen molar-refractivity contribution in [1.29, 1.82) is 0 Å². The van der Waals surface area contributed by atoms with Crippen molar-refractivity contribution in [1.82, 2.24) is 14.9 Å². The number of H-pyrrole nitrogens is 1. The molecule has 0 unspecified atom stereocenters. The van der Waals surface area contributed by atoms with E-state index in [1.807, 2.05) is 53.4 Å². The standard InChI is InChI=1S/C26H28N4O3/c31-23(29-25-27-20-11-3-4-12-21(20)28-25)22-18-9-1-2-10-19(18)24(32)30(16-17-8-7-15-33-17)26(22)13-5-6-14-26/h1-4,9-12,17,22H,5-8,13-16H2,(H2,27,28,29,31)/t17-,22-/m0/s1. The van der Waals surface area contributed by atoms with E-state index in [1.54, 1.807) is 0 Å². The highest BCUT2D eigenvalue weighted by Crippen LogP contribution is 2.51. The summed E-state index contributed by atoms with van der Waals surface area (Å²) in [5, 5.41) is 3.05. The third-order valence-electron chi connectivity index (χ3n) is 7.60. The van der Waals surface area contributed by atoms with Gasteiger partial charge in [0.2, 0.25) is 11.9 Å². The molecule has 1 aliphatic carbocycles. The summed E-state index contributed by atoms with van der Waals surface area (Å²) in [6, 6.07) is 15.3. The van der Waals surface area contributed by atoms with E-state index in [0.717, 1.165) is 61.7 Å². The summed E-state index contributed by atoms with van der Waals surface area (Å²) >= 11 is 0. The Labute approximate surface area is 192 Å². The summed E-state index contributed by atoms with van der Waals surface area (Å²) in [7, 11) is 0. The number of nitrogens with zero attached hydrogens (tertiary/aromatic N) is 2. The molecule has 6 rings (SSSR count). The van der Waals surface area contributed by atoms with E-state index >= 15 is 0 Å². The number of nitrogens with one attached hydrogen (secondary N) is 2. The Morgan fingerprint density at radius 3 is 2.70 bits per heavy atom. The molecular formula is C26H28N4O3. The Kier molecular flexibility index (Phi) is 4.94. The molecule has 1 saturated carbocycles. The van der Waals surface area contributed by atoms with Gasteiger partial charge in [-0.15, -0.1) is 0 Å². The van der Waals surface area contributed by atoms with Gasteiger partial charge in [0.25, 0.3) is 5.91 Å². The van der Waals surface area contributed by atoms with Crippen LogP contribution in [-0.4, -0.2) is 51.5 Å². The molecule has 170 valence electrons. The molecule has 7 heteroatoms. The van der Waals surface area contributed by atoms with Crippen molar-refractivity contribution in [3.63, 3.8) is 0 Å². The van der Waals surface area contributed by atoms with Crippen molar-refractivity contribution in [2.24, 2.45) is 0 Å². The van der Waals surface area contributed by atoms with Gasteiger partial charge in [0.05, 0.1) is 28.6 Å². The number of aromatic nitrogens is 2. The van der Waals surface area contributed by atoms with Crippen LogP contribution in [0.1, 0.15) is 60.4 Å². The van der Waals surface area contributed by atoms with Crippen LogP contribution >= 0.6 is 0 Å². The molecule has 33 heavy (non-hydrogen) atoms. The van der Waals surface area contributed by atoms with Gasteiger partial charge in [-0.2, -0.15) is 0 Å². The predicted molar refractivity (Wildman–Crippen MR) is 125 cm³/mol. The number of carbonyl (C=O) groups excluding carboxylic acids is 2. The minimum Gasteiger partial charge on any atom is -0.376 e. The Morgan fingerprint density at radius 1 is 1.12 bits per heavy atom. The van der Waals surface area contributed by atoms with Gasteiger partial charge in [0.15, 0.2) is 0 Å². The van der Waals surface area contributed by atoms with Crippen LogP contribution in [0.2, 0.25) is 0 Å². The summed E-state index contributed by atoms with van der Waals surface area (Å²) in [4.78, 5) is 37.4. The van der Waals surface area contributed by atoms with Gasteiger partial charge in [-0.3, -0.25) is 14.9 Å². The lowest BCUT2D eigenvalue weighted by molar-refractivity contribution is -0.121. The van der Waals surface area contributed by atoms with E-state index in [-0.39, 0.29) is 17.9 Å². The Bertz CT molecular complexity index is 1170. The number of anilines is 1. The number of para-hydroxylation sites is 2. The highest BCUT2D eigenvalue weighted by Gasteiger charge is 2.56. The van der Waals surface area contributed by atoms with Gasteiger partial charge in [0.1, 0.15) is 0 Å². The molecule has 3 heterocycles. The number of amides is 2. The molecule has 2 amide bonds. The molecule has 0 bridgehead atoms. The van der Waals surface area contributed by atoms with Crippen molar-refractivity contribution in [3.8, 4) is 0 Å². The zero-order valence-corrected chi connectivity index (χ0v) is 18.5. The molecule has 1 aromatic heterocycles. The van der Waals surface area contributed by atoms with Crippen molar-refractivity contribution in [2.75, 3.05) is 18.5 Å². The molecule has 3 aliphatic rings. The van der Waals surface area contributed by atoms with Crippen molar-refractivity contribution >= 4 is 28.8 Å². The molecule has 3 aromatic rings. The van der Waals surface area contributed by atoms with E-state index in [2.05, 4.69) is 15.3 Å². The molecule has 2 aliphatic heterocycles. The Balaban J connectivity index is 1.41. The van der Waals surface area contributed by atoms with Crippen LogP contribution in [0.5, 0.6) is 0 Å². The van der Waals surface area contributed by atoms with Crippen LogP contribution < -0.4 is 5.32 Å². The summed E-state index contributed by atoms with van der Waals surface area (Å²) < 4.78 is 5.91. The van der Waals surface area contributed by atoms with Crippen LogP contribution in [-0.2, 0) is 9.53 Å². The quantitative estimate of drug-likeness (QED) is 0.630. The third-order valence-corrected chi connectivity index (χ3v) is 7.60. The Hall–Kier alpha value is -3.19. The lowest BCUT2D eigenvalue weighted by atomic mass is 9.71. The number of ether oxygens (including phenoxy) is 1. The molecule has 2 N–H and O–H groups in total.